The minimum Gasteiger partial charge on any atom is -0.478 e. The van der Waals surface area contributed by atoms with Crippen molar-refractivity contribution in [3.63, 3.8) is 0 Å². The third-order valence-electron chi connectivity index (χ3n) is 2.84. The average molecular weight is 353 g/mol. The topological polar surface area (TPSA) is 68.0 Å². The fraction of sp³-hybridized carbons (Fsp3) is 0. The second-order valence-electron chi connectivity index (χ2n) is 4.11. The van der Waals surface area contributed by atoms with Gasteiger partial charge in [0.25, 0.3) is 0 Å². The first-order chi connectivity index (χ1) is 9.56. The van der Waals surface area contributed by atoms with E-state index >= 15 is 0 Å². The molecule has 0 saturated carbocycles. The van der Waals surface area contributed by atoms with Crippen LogP contribution in [0.5, 0.6) is 0 Å². The Morgan fingerprint density at radius 3 is 2.75 bits per heavy atom. The van der Waals surface area contributed by atoms with Gasteiger partial charge in [0.1, 0.15) is 5.52 Å². The van der Waals surface area contributed by atoms with E-state index in [0.717, 1.165) is 10.2 Å². The fourth-order valence-electron chi connectivity index (χ4n) is 1.86. The van der Waals surface area contributed by atoms with Gasteiger partial charge in [-0.25, -0.2) is 9.48 Å². The van der Waals surface area contributed by atoms with E-state index in [1.807, 2.05) is 12.1 Å². The number of aromatic nitrogens is 3. The van der Waals surface area contributed by atoms with Crippen LogP contribution in [0.3, 0.4) is 0 Å². The molecule has 100 valence electrons. The fourth-order valence-corrected chi connectivity index (χ4v) is 2.29. The molecule has 1 N–H and O–H groups in total. The van der Waals surface area contributed by atoms with Gasteiger partial charge in [0.05, 0.1) is 21.8 Å². The van der Waals surface area contributed by atoms with E-state index in [0.29, 0.717) is 16.1 Å². The standard InChI is InChI=1S/C13H7BrClN3O2/c14-9-3-2-8(6-10(9)15)18-12-4-1-7(13(19)20)5-11(12)16-17-18/h1-6H,(H,19,20). The molecule has 0 aliphatic rings. The lowest BCUT2D eigenvalue weighted by Gasteiger charge is -2.04. The number of halogens is 2. The molecular weight excluding hydrogens is 346 g/mol. The first-order valence-electron chi connectivity index (χ1n) is 5.60. The normalized spacial score (nSPS) is 10.9. The van der Waals surface area contributed by atoms with Crippen molar-refractivity contribution in [1.82, 2.24) is 15.0 Å². The summed E-state index contributed by atoms with van der Waals surface area (Å²) in [4.78, 5) is 10.9. The molecule has 1 aromatic heterocycles. The van der Waals surface area contributed by atoms with Gasteiger partial charge in [-0.05, 0) is 52.3 Å². The molecule has 0 radical (unpaired) electrons. The van der Waals surface area contributed by atoms with Crippen LogP contribution in [0, 0.1) is 0 Å². The van der Waals surface area contributed by atoms with E-state index in [4.69, 9.17) is 16.7 Å². The van der Waals surface area contributed by atoms with Gasteiger partial charge in [-0.2, -0.15) is 0 Å². The highest BCUT2D eigenvalue weighted by molar-refractivity contribution is 9.10. The van der Waals surface area contributed by atoms with E-state index in [-0.39, 0.29) is 5.56 Å². The molecule has 0 unspecified atom stereocenters. The molecule has 2 aromatic carbocycles. The van der Waals surface area contributed by atoms with Crippen LogP contribution in [-0.2, 0) is 0 Å². The molecule has 0 spiro atoms. The highest BCUT2D eigenvalue weighted by Gasteiger charge is 2.11. The van der Waals surface area contributed by atoms with Gasteiger partial charge in [0, 0.05) is 4.47 Å². The van der Waals surface area contributed by atoms with Crippen LogP contribution in [-0.4, -0.2) is 26.1 Å². The largest absolute Gasteiger partial charge is 0.478 e. The number of carbonyl (C=O) groups is 1. The lowest BCUT2D eigenvalue weighted by atomic mass is 10.2. The van der Waals surface area contributed by atoms with Crippen molar-refractivity contribution < 1.29 is 9.90 Å². The summed E-state index contributed by atoms with van der Waals surface area (Å²) >= 11 is 9.39. The molecule has 1 heterocycles. The SMILES string of the molecule is O=C(O)c1ccc2c(c1)nnn2-c1ccc(Br)c(Cl)c1. The minimum absolute atomic E-state index is 0.179. The summed E-state index contributed by atoms with van der Waals surface area (Å²) in [5, 5.41) is 17.5. The van der Waals surface area contributed by atoms with Crippen molar-refractivity contribution in [3.8, 4) is 5.69 Å². The lowest BCUT2D eigenvalue weighted by molar-refractivity contribution is 0.0697. The van der Waals surface area contributed by atoms with E-state index in [1.54, 1.807) is 16.8 Å². The van der Waals surface area contributed by atoms with Gasteiger partial charge < -0.3 is 5.11 Å². The third-order valence-corrected chi connectivity index (χ3v) is 4.07. The van der Waals surface area contributed by atoms with Gasteiger partial charge in [0.15, 0.2) is 0 Å². The molecular formula is C13H7BrClN3O2. The number of carboxylic acid groups (broad SMARTS) is 1. The van der Waals surface area contributed by atoms with Crippen molar-refractivity contribution in [2.24, 2.45) is 0 Å². The lowest BCUT2D eigenvalue weighted by Crippen LogP contribution is -1.98. The Bertz CT molecular complexity index is 832. The van der Waals surface area contributed by atoms with Crippen molar-refractivity contribution in [2.45, 2.75) is 0 Å². The Balaban J connectivity index is 2.17. The molecule has 20 heavy (non-hydrogen) atoms. The molecule has 0 fully saturated rings. The maximum absolute atomic E-state index is 10.9. The van der Waals surface area contributed by atoms with Crippen LogP contribution in [0.1, 0.15) is 10.4 Å². The van der Waals surface area contributed by atoms with Gasteiger partial charge in [-0.3, -0.25) is 0 Å². The summed E-state index contributed by atoms with van der Waals surface area (Å²) in [6, 6.07) is 10.1. The third kappa shape index (κ3) is 2.17. The van der Waals surface area contributed by atoms with Crippen LogP contribution in [0.2, 0.25) is 5.02 Å². The van der Waals surface area contributed by atoms with E-state index in [9.17, 15) is 4.79 Å². The highest BCUT2D eigenvalue weighted by Crippen LogP contribution is 2.26. The van der Waals surface area contributed by atoms with Crippen molar-refractivity contribution in [3.05, 3.63) is 51.5 Å². The summed E-state index contributed by atoms with van der Waals surface area (Å²) < 4.78 is 2.40. The van der Waals surface area contributed by atoms with Crippen molar-refractivity contribution in [1.29, 1.82) is 0 Å². The van der Waals surface area contributed by atoms with Gasteiger partial charge in [0.2, 0.25) is 0 Å². The number of hydrogen-bond donors (Lipinski definition) is 1. The van der Waals surface area contributed by atoms with Crippen LogP contribution in [0.15, 0.2) is 40.9 Å². The first kappa shape index (κ1) is 13.1. The van der Waals surface area contributed by atoms with Crippen LogP contribution < -0.4 is 0 Å². The molecule has 0 aliphatic carbocycles. The number of carboxylic acids is 1. The molecule has 0 bridgehead atoms. The number of benzene rings is 2. The molecule has 3 rings (SSSR count). The maximum Gasteiger partial charge on any atom is 0.335 e. The molecule has 0 aliphatic heterocycles. The molecule has 0 saturated heterocycles. The zero-order valence-electron chi connectivity index (χ0n) is 9.92. The van der Waals surface area contributed by atoms with E-state index in [2.05, 4.69) is 26.2 Å². The Hall–Kier alpha value is -1.92. The van der Waals surface area contributed by atoms with Crippen molar-refractivity contribution in [2.75, 3.05) is 0 Å². The van der Waals surface area contributed by atoms with Crippen LogP contribution >= 0.6 is 27.5 Å². The summed E-state index contributed by atoms with van der Waals surface area (Å²) in [7, 11) is 0. The smallest absolute Gasteiger partial charge is 0.335 e. The van der Waals surface area contributed by atoms with Gasteiger partial charge in [-0.15, -0.1) is 5.10 Å². The number of rotatable bonds is 2. The summed E-state index contributed by atoms with van der Waals surface area (Å²) in [6.45, 7) is 0. The molecule has 0 atom stereocenters. The molecule has 5 nitrogen and oxygen atoms in total. The van der Waals surface area contributed by atoms with Crippen LogP contribution in [0.25, 0.3) is 16.7 Å². The summed E-state index contributed by atoms with van der Waals surface area (Å²) in [5.74, 6) is -0.992. The molecule has 7 heteroatoms. The Labute approximate surface area is 126 Å². The number of aromatic carboxylic acids is 1. The monoisotopic (exact) mass is 351 g/mol. The first-order valence-corrected chi connectivity index (χ1v) is 6.77. The van der Waals surface area contributed by atoms with Gasteiger partial charge >= 0.3 is 5.97 Å². The van der Waals surface area contributed by atoms with Crippen LogP contribution in [0.4, 0.5) is 0 Å². The average Bonchev–Trinajstić information content (AvgIpc) is 2.84. The van der Waals surface area contributed by atoms with Crippen molar-refractivity contribution >= 4 is 44.5 Å². The molecule has 0 amide bonds. The van der Waals surface area contributed by atoms with E-state index < -0.39 is 5.97 Å². The zero-order chi connectivity index (χ0) is 14.3. The Morgan fingerprint density at radius 2 is 2.05 bits per heavy atom. The number of nitrogens with zero attached hydrogens (tertiary/aromatic N) is 3. The number of hydrogen-bond acceptors (Lipinski definition) is 3. The predicted molar refractivity (Wildman–Crippen MR) is 78.5 cm³/mol. The zero-order valence-corrected chi connectivity index (χ0v) is 12.3. The minimum atomic E-state index is -0.992. The quantitative estimate of drug-likeness (QED) is 0.766. The number of fused-ring (bicyclic) bond motifs is 1. The second kappa shape index (κ2) is 4.88. The second-order valence-corrected chi connectivity index (χ2v) is 5.37. The molecule has 3 aromatic rings. The predicted octanol–water partition coefficient (Wildman–Crippen LogP) is 3.53. The summed E-state index contributed by atoms with van der Waals surface area (Å²) in [5.41, 5.74) is 2.17. The maximum atomic E-state index is 10.9. The summed E-state index contributed by atoms with van der Waals surface area (Å²) in [6.07, 6.45) is 0. The van der Waals surface area contributed by atoms with E-state index in [1.165, 1.54) is 12.1 Å². The van der Waals surface area contributed by atoms with Gasteiger partial charge in [-0.1, -0.05) is 16.8 Å². The highest BCUT2D eigenvalue weighted by atomic mass is 79.9. The Morgan fingerprint density at radius 1 is 1.25 bits per heavy atom. The Kier molecular flexibility index (Phi) is 3.19.